The molecule has 16 heteroatoms. The van der Waals surface area contributed by atoms with Crippen molar-refractivity contribution in [3.05, 3.63) is 17.7 Å². The number of carbonyl (C=O) groups is 4. The van der Waals surface area contributed by atoms with Crippen LogP contribution in [-0.2, 0) is 42.6 Å². The predicted octanol–water partition coefficient (Wildman–Crippen LogP) is 6.76. The van der Waals surface area contributed by atoms with Crippen molar-refractivity contribution >= 4 is 24.6 Å². The van der Waals surface area contributed by atoms with E-state index < -0.39 is 89.9 Å². The average Bonchev–Trinajstić information content (AvgIpc) is 2.89. The number of ether oxygens (including phenoxy) is 11. The molecule has 1 aliphatic heterocycles. The Kier molecular flexibility index (Phi) is 13.5. The molecule has 1 saturated heterocycles. The van der Waals surface area contributed by atoms with Gasteiger partial charge >= 0.3 is 24.6 Å². The first-order chi connectivity index (χ1) is 22.7. The van der Waals surface area contributed by atoms with E-state index >= 15 is 0 Å². The summed E-state index contributed by atoms with van der Waals surface area (Å²) >= 11 is 0. The van der Waals surface area contributed by atoms with Crippen LogP contribution >= 0.6 is 0 Å². The van der Waals surface area contributed by atoms with Crippen molar-refractivity contribution in [2.75, 3.05) is 20.8 Å². The summed E-state index contributed by atoms with van der Waals surface area (Å²) in [5, 5.41) is 11.3. The molecule has 0 aromatic heterocycles. The zero-order valence-corrected chi connectivity index (χ0v) is 31.3. The lowest BCUT2D eigenvalue weighted by Crippen LogP contribution is -2.60. The van der Waals surface area contributed by atoms with Crippen LogP contribution in [0.4, 0.5) is 19.2 Å². The van der Waals surface area contributed by atoms with E-state index in [9.17, 15) is 24.3 Å². The second-order valence-corrected chi connectivity index (χ2v) is 15.3. The van der Waals surface area contributed by atoms with E-state index in [0.717, 1.165) is 0 Å². The van der Waals surface area contributed by atoms with Gasteiger partial charge in [0.25, 0.3) is 0 Å². The van der Waals surface area contributed by atoms with Gasteiger partial charge in [-0.3, -0.25) is 0 Å². The van der Waals surface area contributed by atoms with Crippen LogP contribution in [0.15, 0.2) is 12.1 Å². The van der Waals surface area contributed by atoms with E-state index in [-0.39, 0.29) is 17.1 Å². The molecule has 0 unspecified atom stereocenters. The van der Waals surface area contributed by atoms with Crippen molar-refractivity contribution in [3.8, 4) is 17.2 Å². The van der Waals surface area contributed by atoms with Gasteiger partial charge in [-0.25, -0.2) is 19.2 Å². The van der Waals surface area contributed by atoms with Gasteiger partial charge in [0.05, 0.1) is 19.8 Å². The van der Waals surface area contributed by atoms with Crippen LogP contribution in [0.3, 0.4) is 0 Å². The lowest BCUT2D eigenvalue weighted by molar-refractivity contribution is -0.245. The molecular weight excluding hydrogens is 664 g/mol. The summed E-state index contributed by atoms with van der Waals surface area (Å²) in [6.45, 7) is 18.5. The molecule has 1 fully saturated rings. The van der Waals surface area contributed by atoms with E-state index in [2.05, 4.69) is 0 Å². The summed E-state index contributed by atoms with van der Waals surface area (Å²) in [5.74, 6) is -0.252. The highest BCUT2D eigenvalue weighted by molar-refractivity contribution is 5.64. The minimum absolute atomic E-state index is 0.000946. The summed E-state index contributed by atoms with van der Waals surface area (Å²) in [7, 11) is 2.67. The first-order valence-electron chi connectivity index (χ1n) is 15.9. The number of rotatable bonds is 8. The Morgan fingerprint density at radius 3 is 1.46 bits per heavy atom. The van der Waals surface area contributed by atoms with Crippen molar-refractivity contribution in [3.63, 3.8) is 0 Å². The standard InChI is InChI=1S/C34H52O16/c1-31(2,3)47-27(36)42-17-21-23(44-28(37)48-32(4,5)6)25(45-29(38)49-33(7,8)9)26(46-30(39)50-34(10,11)12)24(43-21)22-19(35)15-18(40-13)16-20(22)41-14/h15-16,21,23-26,35H,17H2,1-14H3/t21-,23-,24+,25+,26+/m1/s1. The Morgan fingerprint density at radius 1 is 0.620 bits per heavy atom. The lowest BCUT2D eigenvalue weighted by atomic mass is 9.89. The number of aromatic hydroxyl groups is 1. The molecule has 50 heavy (non-hydrogen) atoms. The molecule has 0 radical (unpaired) electrons. The number of hydrogen-bond acceptors (Lipinski definition) is 16. The smallest absolute Gasteiger partial charge is 0.507 e. The Balaban J connectivity index is 2.85. The topological polar surface area (TPSA) is 190 Å². The van der Waals surface area contributed by atoms with Crippen molar-refractivity contribution in [2.45, 2.75) is 136 Å². The zero-order valence-electron chi connectivity index (χ0n) is 31.3. The Labute approximate surface area is 292 Å². The number of benzene rings is 1. The van der Waals surface area contributed by atoms with Crippen LogP contribution in [0.1, 0.15) is 94.8 Å². The third kappa shape index (κ3) is 13.5. The van der Waals surface area contributed by atoms with Gasteiger partial charge in [0.1, 0.15) is 58.5 Å². The summed E-state index contributed by atoms with van der Waals surface area (Å²) in [4.78, 5) is 52.3. The third-order valence-corrected chi connectivity index (χ3v) is 6.09. The molecular formula is C34H52O16. The maximum atomic E-state index is 13.3. The second-order valence-electron chi connectivity index (χ2n) is 15.3. The molecule has 0 saturated carbocycles. The first kappa shape index (κ1) is 41.8. The van der Waals surface area contributed by atoms with E-state index in [1.165, 1.54) is 26.4 Å². The molecule has 0 amide bonds. The minimum Gasteiger partial charge on any atom is -0.507 e. The Hall–Kier alpha value is -4.34. The Morgan fingerprint density at radius 2 is 1.04 bits per heavy atom. The number of phenolic OH excluding ortho intramolecular Hbond substituents is 1. The van der Waals surface area contributed by atoms with Gasteiger partial charge in [-0.1, -0.05) is 0 Å². The van der Waals surface area contributed by atoms with Crippen LogP contribution in [-0.4, -0.2) is 97.4 Å². The van der Waals surface area contributed by atoms with Crippen molar-refractivity contribution in [1.82, 2.24) is 0 Å². The van der Waals surface area contributed by atoms with Crippen molar-refractivity contribution in [2.24, 2.45) is 0 Å². The number of methoxy groups -OCH3 is 2. The molecule has 1 aromatic carbocycles. The van der Waals surface area contributed by atoms with E-state index in [1.54, 1.807) is 83.1 Å². The molecule has 1 N–H and O–H groups in total. The molecule has 0 aliphatic carbocycles. The minimum atomic E-state index is -1.78. The zero-order chi connectivity index (χ0) is 38.4. The fourth-order valence-corrected chi connectivity index (χ4v) is 4.43. The molecule has 284 valence electrons. The quantitative estimate of drug-likeness (QED) is 0.219. The van der Waals surface area contributed by atoms with E-state index in [1.807, 2.05) is 0 Å². The first-order valence-corrected chi connectivity index (χ1v) is 15.9. The normalized spacial score (nSPS) is 21.2. The highest BCUT2D eigenvalue weighted by atomic mass is 16.8. The fourth-order valence-electron chi connectivity index (χ4n) is 4.43. The monoisotopic (exact) mass is 716 g/mol. The maximum absolute atomic E-state index is 13.3. The van der Waals surface area contributed by atoms with Gasteiger partial charge in [-0.2, -0.15) is 0 Å². The second kappa shape index (κ2) is 16.1. The molecule has 16 nitrogen and oxygen atoms in total. The third-order valence-electron chi connectivity index (χ3n) is 6.09. The van der Waals surface area contributed by atoms with Crippen LogP contribution in [0.5, 0.6) is 17.2 Å². The summed E-state index contributed by atoms with van der Waals surface area (Å²) in [5.41, 5.74) is -4.16. The summed E-state index contributed by atoms with van der Waals surface area (Å²) in [6, 6.07) is 2.66. The fraction of sp³-hybridized carbons (Fsp3) is 0.706. The molecule has 5 atom stereocenters. The average molecular weight is 717 g/mol. The van der Waals surface area contributed by atoms with Gasteiger partial charge in [-0.05, 0) is 83.1 Å². The van der Waals surface area contributed by atoms with E-state index in [4.69, 9.17) is 52.1 Å². The van der Waals surface area contributed by atoms with Gasteiger partial charge < -0.3 is 57.2 Å². The SMILES string of the molecule is COc1cc(O)c([C@@H]2O[C@H](COC(=O)OC(C)(C)C)[C@@H](OC(=O)OC(C)(C)C)[C@H](OC(=O)OC(C)(C)C)[C@H]2OC(=O)OC(C)(C)C)c(OC)c1. The van der Waals surface area contributed by atoms with E-state index in [0.29, 0.717) is 0 Å². The van der Waals surface area contributed by atoms with Gasteiger partial charge in [-0.15, -0.1) is 0 Å². The number of hydrogen-bond donors (Lipinski definition) is 1. The summed E-state index contributed by atoms with van der Waals surface area (Å²) < 4.78 is 61.1. The molecule has 2 rings (SSSR count). The molecule has 1 aliphatic rings. The largest absolute Gasteiger partial charge is 0.509 e. The molecule has 0 bridgehead atoms. The van der Waals surface area contributed by atoms with Crippen molar-refractivity contribution < 1.29 is 76.4 Å². The van der Waals surface area contributed by atoms with Gasteiger partial charge in [0.15, 0.2) is 18.3 Å². The lowest BCUT2D eigenvalue weighted by Gasteiger charge is -2.44. The number of phenols is 1. The molecule has 1 aromatic rings. The maximum Gasteiger partial charge on any atom is 0.509 e. The van der Waals surface area contributed by atoms with Crippen LogP contribution in [0.25, 0.3) is 0 Å². The predicted molar refractivity (Wildman–Crippen MR) is 174 cm³/mol. The van der Waals surface area contributed by atoms with Crippen LogP contribution in [0.2, 0.25) is 0 Å². The highest BCUT2D eigenvalue weighted by Crippen LogP contribution is 2.46. The Bertz CT molecular complexity index is 1340. The summed E-state index contributed by atoms with van der Waals surface area (Å²) in [6.07, 6.45) is -13.1. The van der Waals surface area contributed by atoms with Gasteiger partial charge in [0, 0.05) is 12.1 Å². The van der Waals surface area contributed by atoms with Crippen LogP contribution in [0, 0.1) is 0 Å². The molecule has 0 spiro atoms. The van der Waals surface area contributed by atoms with Crippen molar-refractivity contribution in [1.29, 1.82) is 0 Å². The molecule has 1 heterocycles. The highest BCUT2D eigenvalue weighted by Gasteiger charge is 2.55. The van der Waals surface area contributed by atoms with Crippen LogP contribution < -0.4 is 9.47 Å². The number of carbonyl (C=O) groups excluding carboxylic acids is 4. The van der Waals surface area contributed by atoms with Gasteiger partial charge in [0.2, 0.25) is 0 Å².